The average Bonchev–Trinajstić information content (AvgIpc) is 2.30. The maximum absolute atomic E-state index is 11.9. The van der Waals surface area contributed by atoms with Crippen LogP contribution in [0.2, 0.25) is 0 Å². The number of piperidine rings is 1. The second-order valence-corrected chi connectivity index (χ2v) is 3.65. The first kappa shape index (κ1) is 9.89. The summed E-state index contributed by atoms with van der Waals surface area (Å²) >= 11 is 0. The van der Waals surface area contributed by atoms with Crippen LogP contribution in [-0.2, 0) is 0 Å². The molecule has 1 aliphatic rings. The van der Waals surface area contributed by atoms with E-state index in [1.165, 1.54) is 12.6 Å². The molecule has 1 N–H and O–H groups in total. The van der Waals surface area contributed by atoms with Crippen molar-refractivity contribution < 1.29 is 4.79 Å². The van der Waals surface area contributed by atoms with Crippen LogP contribution in [0.5, 0.6) is 0 Å². The summed E-state index contributed by atoms with van der Waals surface area (Å²) in [6.45, 7) is 1.58. The molecule has 0 unspecified atom stereocenters. The number of rotatable bonds is 1. The molecular formula is C10H13N3O2. The van der Waals surface area contributed by atoms with Gasteiger partial charge in [-0.05, 0) is 19.3 Å². The van der Waals surface area contributed by atoms with Crippen molar-refractivity contribution in [3.63, 3.8) is 0 Å². The Balaban J connectivity index is 2.12. The normalized spacial score (nSPS) is 16.4. The van der Waals surface area contributed by atoms with Crippen molar-refractivity contribution in [1.29, 1.82) is 0 Å². The number of H-pyrrole nitrogens is 1. The summed E-state index contributed by atoms with van der Waals surface area (Å²) in [5, 5.41) is 0. The van der Waals surface area contributed by atoms with E-state index in [0.29, 0.717) is 5.69 Å². The molecule has 80 valence electrons. The molecule has 2 heterocycles. The fourth-order valence-electron chi connectivity index (χ4n) is 1.72. The molecule has 1 fully saturated rings. The van der Waals surface area contributed by atoms with Crippen molar-refractivity contribution in [3.05, 3.63) is 28.4 Å². The summed E-state index contributed by atoms with van der Waals surface area (Å²) in [5.41, 5.74) is 0.0293. The fraction of sp³-hybridized carbons (Fsp3) is 0.500. The van der Waals surface area contributed by atoms with Gasteiger partial charge in [0.1, 0.15) is 5.69 Å². The molecule has 1 aromatic rings. The maximum atomic E-state index is 11.9. The zero-order valence-electron chi connectivity index (χ0n) is 8.40. The predicted molar refractivity (Wildman–Crippen MR) is 54.6 cm³/mol. The van der Waals surface area contributed by atoms with E-state index in [2.05, 4.69) is 9.97 Å². The van der Waals surface area contributed by atoms with Gasteiger partial charge in [0.05, 0.1) is 6.20 Å². The Labute approximate surface area is 87.1 Å². The van der Waals surface area contributed by atoms with E-state index in [1.54, 1.807) is 4.90 Å². The van der Waals surface area contributed by atoms with Crippen LogP contribution >= 0.6 is 0 Å². The number of carbonyl (C=O) groups is 1. The molecule has 0 radical (unpaired) electrons. The van der Waals surface area contributed by atoms with Gasteiger partial charge in [0.15, 0.2) is 0 Å². The molecule has 5 heteroatoms. The molecule has 5 nitrogen and oxygen atoms in total. The molecule has 1 aromatic heterocycles. The molecule has 0 bridgehead atoms. The number of aromatic amines is 1. The first-order valence-electron chi connectivity index (χ1n) is 5.11. The van der Waals surface area contributed by atoms with Gasteiger partial charge in [-0.3, -0.25) is 9.59 Å². The van der Waals surface area contributed by atoms with Gasteiger partial charge in [-0.25, -0.2) is 4.98 Å². The lowest BCUT2D eigenvalue weighted by atomic mass is 10.1. The van der Waals surface area contributed by atoms with Gasteiger partial charge < -0.3 is 9.88 Å². The average molecular weight is 207 g/mol. The Morgan fingerprint density at radius 1 is 1.33 bits per heavy atom. The fourth-order valence-corrected chi connectivity index (χ4v) is 1.72. The topological polar surface area (TPSA) is 66.1 Å². The summed E-state index contributed by atoms with van der Waals surface area (Å²) in [6.07, 6.45) is 5.80. The number of carbonyl (C=O) groups excluding carboxylic acids is 1. The lowest BCUT2D eigenvalue weighted by Gasteiger charge is -2.26. The number of amides is 1. The summed E-state index contributed by atoms with van der Waals surface area (Å²) in [4.78, 5) is 30.7. The van der Waals surface area contributed by atoms with Gasteiger partial charge in [-0.15, -0.1) is 0 Å². The monoisotopic (exact) mass is 207 g/mol. The summed E-state index contributed by atoms with van der Waals surface area (Å²) in [6, 6.07) is 0. The zero-order chi connectivity index (χ0) is 10.7. The van der Waals surface area contributed by atoms with Crippen LogP contribution in [0.25, 0.3) is 0 Å². The summed E-state index contributed by atoms with van der Waals surface area (Å²) in [7, 11) is 0. The molecule has 0 atom stereocenters. The van der Waals surface area contributed by atoms with Crippen LogP contribution in [0.15, 0.2) is 17.2 Å². The van der Waals surface area contributed by atoms with E-state index in [1.807, 2.05) is 0 Å². The van der Waals surface area contributed by atoms with Gasteiger partial charge in [-0.2, -0.15) is 0 Å². The van der Waals surface area contributed by atoms with E-state index in [4.69, 9.17) is 0 Å². The van der Waals surface area contributed by atoms with Crippen LogP contribution in [0.4, 0.5) is 0 Å². The Bertz CT molecular complexity index is 387. The van der Waals surface area contributed by atoms with Crippen LogP contribution in [0.1, 0.15) is 29.8 Å². The van der Waals surface area contributed by atoms with Gasteiger partial charge in [0.25, 0.3) is 11.5 Å². The van der Waals surface area contributed by atoms with E-state index in [9.17, 15) is 9.59 Å². The molecule has 0 aromatic carbocycles. The molecule has 0 spiro atoms. The summed E-state index contributed by atoms with van der Waals surface area (Å²) < 4.78 is 0. The molecule has 2 rings (SSSR count). The van der Waals surface area contributed by atoms with Gasteiger partial charge >= 0.3 is 0 Å². The molecular weight excluding hydrogens is 194 g/mol. The highest BCUT2D eigenvalue weighted by Crippen LogP contribution is 2.10. The maximum Gasteiger partial charge on any atom is 0.273 e. The van der Waals surface area contributed by atoms with Gasteiger partial charge in [0.2, 0.25) is 0 Å². The molecule has 1 amide bonds. The minimum atomic E-state index is -0.287. The number of nitrogens with zero attached hydrogens (tertiary/aromatic N) is 2. The lowest BCUT2D eigenvalue weighted by Crippen LogP contribution is -2.36. The van der Waals surface area contributed by atoms with Crippen molar-refractivity contribution in [2.45, 2.75) is 19.3 Å². The van der Waals surface area contributed by atoms with Crippen molar-refractivity contribution in [3.8, 4) is 0 Å². The van der Waals surface area contributed by atoms with Crippen LogP contribution in [0.3, 0.4) is 0 Å². The van der Waals surface area contributed by atoms with Gasteiger partial charge in [0, 0.05) is 19.3 Å². The van der Waals surface area contributed by atoms with Crippen molar-refractivity contribution in [2.24, 2.45) is 0 Å². The predicted octanol–water partition coefficient (Wildman–Crippen LogP) is 0.396. The lowest BCUT2D eigenvalue weighted by molar-refractivity contribution is 0.0718. The van der Waals surface area contributed by atoms with Crippen LogP contribution < -0.4 is 5.56 Å². The second-order valence-electron chi connectivity index (χ2n) is 3.65. The third kappa shape index (κ3) is 2.23. The number of hydrogen-bond donors (Lipinski definition) is 1. The summed E-state index contributed by atoms with van der Waals surface area (Å²) in [5.74, 6) is -0.0917. The standard InChI is InChI=1S/C10H13N3O2/c14-9-7-11-8(6-12-9)10(15)13-4-2-1-3-5-13/h6-7H,1-5H2,(H,12,14). The minimum absolute atomic E-state index is 0.0917. The molecule has 15 heavy (non-hydrogen) atoms. The first-order valence-corrected chi connectivity index (χ1v) is 5.11. The Morgan fingerprint density at radius 3 is 2.67 bits per heavy atom. The number of aromatic nitrogens is 2. The third-order valence-corrected chi connectivity index (χ3v) is 2.53. The zero-order valence-corrected chi connectivity index (χ0v) is 8.40. The SMILES string of the molecule is O=C(c1c[nH]c(=O)cn1)N1CCCCC1. The Kier molecular flexibility index (Phi) is 2.80. The number of hydrogen-bond acceptors (Lipinski definition) is 3. The third-order valence-electron chi connectivity index (χ3n) is 2.53. The van der Waals surface area contributed by atoms with E-state index in [0.717, 1.165) is 32.1 Å². The molecule has 0 saturated carbocycles. The van der Waals surface area contributed by atoms with Gasteiger partial charge in [-0.1, -0.05) is 0 Å². The van der Waals surface area contributed by atoms with E-state index < -0.39 is 0 Å². The number of likely N-dealkylation sites (tertiary alicyclic amines) is 1. The Hall–Kier alpha value is -1.65. The van der Waals surface area contributed by atoms with Crippen molar-refractivity contribution >= 4 is 5.91 Å². The smallest absolute Gasteiger partial charge is 0.273 e. The Morgan fingerprint density at radius 2 is 2.07 bits per heavy atom. The minimum Gasteiger partial charge on any atom is -0.337 e. The highest BCUT2D eigenvalue weighted by atomic mass is 16.2. The number of nitrogens with one attached hydrogen (secondary N) is 1. The quantitative estimate of drug-likeness (QED) is 0.724. The highest BCUT2D eigenvalue weighted by Gasteiger charge is 2.18. The van der Waals surface area contributed by atoms with Crippen molar-refractivity contribution in [2.75, 3.05) is 13.1 Å². The molecule has 1 aliphatic heterocycles. The highest BCUT2D eigenvalue weighted by molar-refractivity contribution is 5.91. The molecule has 0 aliphatic carbocycles. The van der Waals surface area contributed by atoms with Crippen LogP contribution in [0, 0.1) is 0 Å². The van der Waals surface area contributed by atoms with Crippen LogP contribution in [-0.4, -0.2) is 33.9 Å². The first-order chi connectivity index (χ1) is 7.27. The molecule has 1 saturated heterocycles. The van der Waals surface area contributed by atoms with E-state index in [-0.39, 0.29) is 11.5 Å². The second kappa shape index (κ2) is 4.25. The van der Waals surface area contributed by atoms with Crippen molar-refractivity contribution in [1.82, 2.24) is 14.9 Å². The largest absolute Gasteiger partial charge is 0.337 e. The van der Waals surface area contributed by atoms with E-state index >= 15 is 0 Å².